The summed E-state index contributed by atoms with van der Waals surface area (Å²) in [7, 11) is 0. The predicted octanol–water partition coefficient (Wildman–Crippen LogP) is 3.69. The third kappa shape index (κ3) is 4.38. The van der Waals surface area contributed by atoms with Crippen LogP contribution in [0.25, 0.3) is 0 Å². The van der Waals surface area contributed by atoms with Crippen molar-refractivity contribution in [3.8, 4) is 5.75 Å². The number of hydrogen-bond acceptors (Lipinski definition) is 3. The summed E-state index contributed by atoms with van der Waals surface area (Å²) >= 11 is 0. The molecule has 0 saturated carbocycles. The number of benzene rings is 2. The van der Waals surface area contributed by atoms with E-state index in [1.807, 2.05) is 0 Å². The van der Waals surface area contributed by atoms with E-state index >= 15 is 0 Å². The molecule has 1 unspecified atom stereocenters. The molecule has 0 bridgehead atoms. The Labute approximate surface area is 131 Å². The molecule has 122 valence electrons. The topological polar surface area (TPSA) is 64.3 Å². The number of carbonyl (C=O) groups excluding carboxylic acids is 1. The van der Waals surface area contributed by atoms with Crippen molar-refractivity contribution in [1.29, 1.82) is 0 Å². The van der Waals surface area contributed by atoms with Crippen LogP contribution in [0.3, 0.4) is 0 Å². The van der Waals surface area contributed by atoms with Crippen molar-refractivity contribution in [3.63, 3.8) is 0 Å². The lowest BCUT2D eigenvalue weighted by Gasteiger charge is -2.17. The van der Waals surface area contributed by atoms with E-state index in [-0.39, 0.29) is 5.69 Å². The average molecular weight is 324 g/mol. The van der Waals surface area contributed by atoms with Gasteiger partial charge in [-0.25, -0.2) is 0 Å². The van der Waals surface area contributed by atoms with E-state index < -0.39 is 23.8 Å². The van der Waals surface area contributed by atoms with Crippen LogP contribution in [0.1, 0.15) is 12.5 Å². The largest absolute Gasteiger partial charge is 0.481 e. The van der Waals surface area contributed by atoms with Gasteiger partial charge in [-0.2, -0.15) is 13.2 Å². The standard InChI is InChI=1S/C16H15F3N2O2/c1-10(23-12-8-6-11(20)7-9-12)15(22)21-14-5-3-2-4-13(14)16(17,18)19/h2-10H,20H2,1H3,(H,21,22). The molecule has 2 aromatic carbocycles. The lowest BCUT2D eigenvalue weighted by atomic mass is 10.1. The molecule has 0 aromatic heterocycles. The molecule has 1 amide bonds. The van der Waals surface area contributed by atoms with Gasteiger partial charge in [-0.15, -0.1) is 0 Å². The number of anilines is 2. The highest BCUT2D eigenvalue weighted by atomic mass is 19.4. The van der Waals surface area contributed by atoms with Gasteiger partial charge in [0.1, 0.15) is 5.75 Å². The molecule has 0 spiro atoms. The minimum Gasteiger partial charge on any atom is -0.481 e. The molecule has 7 heteroatoms. The zero-order valence-corrected chi connectivity index (χ0v) is 12.2. The normalized spacial score (nSPS) is 12.5. The van der Waals surface area contributed by atoms with Gasteiger partial charge in [0.2, 0.25) is 0 Å². The summed E-state index contributed by atoms with van der Waals surface area (Å²) in [5.74, 6) is -0.288. The molecule has 2 rings (SSSR count). The van der Waals surface area contributed by atoms with Gasteiger partial charge in [-0.05, 0) is 43.3 Å². The van der Waals surface area contributed by atoms with Gasteiger partial charge in [0, 0.05) is 5.69 Å². The average Bonchev–Trinajstić information content (AvgIpc) is 2.49. The number of halogens is 3. The van der Waals surface area contributed by atoms with Gasteiger partial charge in [-0.3, -0.25) is 4.79 Å². The van der Waals surface area contributed by atoms with Crippen molar-refractivity contribution in [2.45, 2.75) is 19.2 Å². The Kier molecular flexibility index (Phi) is 4.78. The predicted molar refractivity (Wildman–Crippen MR) is 81.0 cm³/mol. The summed E-state index contributed by atoms with van der Waals surface area (Å²) in [5.41, 5.74) is 4.85. The first-order valence-corrected chi connectivity index (χ1v) is 6.76. The fraction of sp³-hybridized carbons (Fsp3) is 0.188. The van der Waals surface area contributed by atoms with Gasteiger partial charge in [0.15, 0.2) is 6.10 Å². The Morgan fingerprint density at radius 2 is 1.74 bits per heavy atom. The van der Waals surface area contributed by atoms with E-state index in [0.29, 0.717) is 11.4 Å². The number of ether oxygens (including phenoxy) is 1. The van der Waals surface area contributed by atoms with Crippen molar-refractivity contribution in [2.24, 2.45) is 0 Å². The maximum atomic E-state index is 12.9. The zero-order valence-electron chi connectivity index (χ0n) is 12.2. The summed E-state index contributed by atoms with van der Waals surface area (Å²) in [4.78, 5) is 12.0. The number of nitrogen functional groups attached to an aromatic ring is 1. The number of nitrogens with one attached hydrogen (secondary N) is 1. The molecule has 0 radical (unpaired) electrons. The molecule has 0 aliphatic carbocycles. The molecule has 1 atom stereocenters. The SMILES string of the molecule is CC(Oc1ccc(N)cc1)C(=O)Nc1ccccc1C(F)(F)F. The van der Waals surface area contributed by atoms with E-state index in [1.54, 1.807) is 24.3 Å². The molecule has 0 aliphatic heterocycles. The van der Waals surface area contributed by atoms with Crippen molar-refractivity contribution in [3.05, 3.63) is 54.1 Å². The highest BCUT2D eigenvalue weighted by Crippen LogP contribution is 2.34. The van der Waals surface area contributed by atoms with Crippen LogP contribution in [0, 0.1) is 0 Å². The molecular weight excluding hydrogens is 309 g/mol. The molecule has 2 aromatic rings. The van der Waals surface area contributed by atoms with E-state index in [2.05, 4.69) is 5.32 Å². The van der Waals surface area contributed by atoms with Gasteiger partial charge in [0.05, 0.1) is 11.3 Å². The van der Waals surface area contributed by atoms with Crippen LogP contribution in [-0.2, 0) is 11.0 Å². The quantitative estimate of drug-likeness (QED) is 0.843. The van der Waals surface area contributed by atoms with Crippen LogP contribution in [0.15, 0.2) is 48.5 Å². The number of rotatable bonds is 4. The highest BCUT2D eigenvalue weighted by molar-refractivity contribution is 5.94. The van der Waals surface area contributed by atoms with E-state index in [0.717, 1.165) is 6.07 Å². The molecule has 0 fully saturated rings. The number of amides is 1. The summed E-state index contributed by atoms with van der Waals surface area (Å²) in [6.07, 6.45) is -5.52. The Bertz CT molecular complexity index is 684. The Hall–Kier alpha value is -2.70. The maximum absolute atomic E-state index is 12.9. The minimum absolute atomic E-state index is 0.308. The monoisotopic (exact) mass is 324 g/mol. The summed E-state index contributed by atoms with van der Waals surface area (Å²) in [6.45, 7) is 1.45. The van der Waals surface area contributed by atoms with Gasteiger partial charge < -0.3 is 15.8 Å². The molecule has 0 saturated heterocycles. The third-order valence-corrected chi connectivity index (χ3v) is 3.05. The number of hydrogen-bond donors (Lipinski definition) is 2. The first-order chi connectivity index (χ1) is 10.8. The van der Waals surface area contributed by atoms with Crippen LogP contribution in [-0.4, -0.2) is 12.0 Å². The van der Waals surface area contributed by atoms with Gasteiger partial charge in [0.25, 0.3) is 5.91 Å². The number of nitrogens with two attached hydrogens (primary N) is 1. The van der Waals surface area contributed by atoms with E-state index in [4.69, 9.17) is 10.5 Å². The van der Waals surface area contributed by atoms with Crippen molar-refractivity contribution >= 4 is 17.3 Å². The number of para-hydroxylation sites is 1. The lowest BCUT2D eigenvalue weighted by molar-refractivity contribution is -0.137. The Morgan fingerprint density at radius 3 is 2.35 bits per heavy atom. The van der Waals surface area contributed by atoms with Gasteiger partial charge >= 0.3 is 6.18 Å². The van der Waals surface area contributed by atoms with Crippen LogP contribution < -0.4 is 15.8 Å². The van der Waals surface area contributed by atoms with Crippen LogP contribution >= 0.6 is 0 Å². The summed E-state index contributed by atoms with van der Waals surface area (Å²) < 4.78 is 44.1. The van der Waals surface area contributed by atoms with Crippen molar-refractivity contribution in [2.75, 3.05) is 11.1 Å². The smallest absolute Gasteiger partial charge is 0.418 e. The second-order valence-corrected chi connectivity index (χ2v) is 4.86. The fourth-order valence-corrected chi connectivity index (χ4v) is 1.88. The first-order valence-electron chi connectivity index (χ1n) is 6.76. The molecule has 4 nitrogen and oxygen atoms in total. The van der Waals surface area contributed by atoms with Crippen LogP contribution in [0.4, 0.5) is 24.5 Å². The first kappa shape index (κ1) is 16.7. The third-order valence-electron chi connectivity index (χ3n) is 3.05. The van der Waals surface area contributed by atoms with Gasteiger partial charge in [-0.1, -0.05) is 12.1 Å². The second kappa shape index (κ2) is 6.60. The maximum Gasteiger partial charge on any atom is 0.418 e. The molecule has 0 heterocycles. The molecular formula is C16H15F3N2O2. The highest BCUT2D eigenvalue weighted by Gasteiger charge is 2.33. The molecule has 0 aliphatic rings. The number of carbonyl (C=O) groups is 1. The van der Waals surface area contributed by atoms with E-state index in [1.165, 1.54) is 25.1 Å². The van der Waals surface area contributed by atoms with Crippen LogP contribution in [0.2, 0.25) is 0 Å². The fourth-order valence-electron chi connectivity index (χ4n) is 1.88. The second-order valence-electron chi connectivity index (χ2n) is 4.86. The van der Waals surface area contributed by atoms with Crippen molar-refractivity contribution < 1.29 is 22.7 Å². The molecule has 23 heavy (non-hydrogen) atoms. The Balaban J connectivity index is 2.08. The van der Waals surface area contributed by atoms with Crippen molar-refractivity contribution in [1.82, 2.24) is 0 Å². The number of alkyl halides is 3. The zero-order chi connectivity index (χ0) is 17.0. The van der Waals surface area contributed by atoms with E-state index in [9.17, 15) is 18.0 Å². The minimum atomic E-state index is -4.55. The summed E-state index contributed by atoms with van der Waals surface area (Å²) in [5, 5.41) is 2.24. The Morgan fingerprint density at radius 1 is 1.13 bits per heavy atom. The van der Waals surface area contributed by atoms with Crippen LogP contribution in [0.5, 0.6) is 5.75 Å². The summed E-state index contributed by atoms with van der Waals surface area (Å²) in [6, 6.07) is 11.1. The molecule has 3 N–H and O–H groups in total. The lowest BCUT2D eigenvalue weighted by Crippen LogP contribution is -2.31.